The molecule has 26 heavy (non-hydrogen) atoms. The van der Waals surface area contributed by atoms with E-state index in [0.717, 1.165) is 26.2 Å². The molecule has 0 aliphatic carbocycles. The first-order chi connectivity index (χ1) is 12.4. The molecule has 3 rings (SSSR count). The van der Waals surface area contributed by atoms with Crippen molar-refractivity contribution in [2.45, 2.75) is 13.8 Å². The van der Waals surface area contributed by atoms with Gasteiger partial charge in [-0.1, -0.05) is 0 Å². The van der Waals surface area contributed by atoms with E-state index in [1.807, 2.05) is 13.8 Å². The Labute approximate surface area is 152 Å². The van der Waals surface area contributed by atoms with E-state index in [1.54, 1.807) is 19.3 Å². The van der Waals surface area contributed by atoms with E-state index in [1.165, 1.54) is 10.6 Å². The molecule has 0 spiro atoms. The van der Waals surface area contributed by atoms with Crippen LogP contribution in [0.5, 0.6) is 0 Å². The van der Waals surface area contributed by atoms with Gasteiger partial charge >= 0.3 is 0 Å². The Morgan fingerprint density at radius 2 is 1.69 bits per heavy atom. The van der Waals surface area contributed by atoms with Crippen molar-refractivity contribution in [3.63, 3.8) is 0 Å². The number of nitrogens with one attached hydrogen (secondary N) is 1. The molecule has 0 saturated carbocycles. The van der Waals surface area contributed by atoms with E-state index in [4.69, 9.17) is 0 Å². The second kappa shape index (κ2) is 7.25. The lowest BCUT2D eigenvalue weighted by Crippen LogP contribution is -2.45. The van der Waals surface area contributed by atoms with Crippen LogP contribution in [0, 0.1) is 13.8 Å². The van der Waals surface area contributed by atoms with Gasteiger partial charge in [0.05, 0.1) is 17.1 Å². The molecule has 1 saturated heterocycles. The predicted octanol–water partition coefficient (Wildman–Crippen LogP) is 0.796. The second-order valence-corrected chi connectivity index (χ2v) is 6.65. The number of carbonyl (C=O) groups excluding carboxylic acids is 1. The molecule has 0 radical (unpaired) electrons. The average Bonchev–Trinajstić information content (AvgIpc) is 2.60. The van der Waals surface area contributed by atoms with Gasteiger partial charge in [0.25, 0.3) is 11.5 Å². The largest absolute Gasteiger partial charge is 0.338 e. The van der Waals surface area contributed by atoms with Gasteiger partial charge < -0.3 is 19.7 Å². The van der Waals surface area contributed by atoms with Crippen LogP contribution in [0.2, 0.25) is 0 Å². The molecule has 2 aromatic heterocycles. The van der Waals surface area contributed by atoms with Crippen molar-refractivity contribution in [1.82, 2.24) is 19.4 Å². The molecule has 8 nitrogen and oxygen atoms in total. The molecule has 0 unspecified atom stereocenters. The fourth-order valence-electron chi connectivity index (χ4n) is 2.98. The molecule has 1 fully saturated rings. The summed E-state index contributed by atoms with van der Waals surface area (Å²) in [6.07, 6.45) is 1.61. The number of anilines is 2. The first kappa shape index (κ1) is 18.1. The Morgan fingerprint density at radius 3 is 2.31 bits per heavy atom. The van der Waals surface area contributed by atoms with Gasteiger partial charge in [-0.05, 0) is 33.0 Å². The van der Waals surface area contributed by atoms with Gasteiger partial charge in [0, 0.05) is 39.4 Å². The summed E-state index contributed by atoms with van der Waals surface area (Å²) in [6.45, 7) is 7.37. The van der Waals surface area contributed by atoms with Crippen molar-refractivity contribution in [2.75, 3.05) is 43.4 Å². The molecular formula is C18H24N6O2. The molecule has 1 aliphatic heterocycles. The number of piperazine rings is 1. The summed E-state index contributed by atoms with van der Waals surface area (Å²) in [7, 11) is 3.71. The normalized spacial score (nSPS) is 15.2. The van der Waals surface area contributed by atoms with Crippen LogP contribution in [0.15, 0.2) is 23.1 Å². The van der Waals surface area contributed by atoms with Gasteiger partial charge in [0.2, 0.25) is 5.95 Å². The fraction of sp³-hybridized carbons (Fsp3) is 0.444. The number of aromatic nitrogens is 3. The van der Waals surface area contributed by atoms with Crippen LogP contribution in [0.4, 0.5) is 11.6 Å². The Hall–Kier alpha value is -2.74. The maximum atomic E-state index is 12.5. The fourth-order valence-corrected chi connectivity index (χ4v) is 2.98. The molecule has 1 aliphatic rings. The zero-order chi connectivity index (χ0) is 18.8. The summed E-state index contributed by atoms with van der Waals surface area (Å²) in [5.41, 5.74) is 1.69. The molecule has 0 bridgehead atoms. The SMILES string of the molecule is Cc1nc(N2CCN(C)CC2)nc(C)c1NC(=O)c1cccn(C)c1=O. The van der Waals surface area contributed by atoms with Crippen molar-refractivity contribution in [1.29, 1.82) is 0 Å². The quantitative estimate of drug-likeness (QED) is 0.876. The lowest BCUT2D eigenvalue weighted by molar-refractivity contribution is 0.102. The van der Waals surface area contributed by atoms with Crippen LogP contribution in [0.25, 0.3) is 0 Å². The van der Waals surface area contributed by atoms with E-state index in [9.17, 15) is 9.59 Å². The number of pyridine rings is 1. The molecule has 1 N–H and O–H groups in total. The molecule has 2 aromatic rings. The van der Waals surface area contributed by atoms with Crippen LogP contribution < -0.4 is 15.8 Å². The predicted molar refractivity (Wildman–Crippen MR) is 101 cm³/mol. The summed E-state index contributed by atoms with van der Waals surface area (Å²) >= 11 is 0. The van der Waals surface area contributed by atoms with Crippen LogP contribution >= 0.6 is 0 Å². The Balaban J connectivity index is 1.84. The van der Waals surface area contributed by atoms with Gasteiger partial charge in [-0.2, -0.15) is 0 Å². The highest BCUT2D eigenvalue weighted by molar-refractivity contribution is 6.04. The maximum Gasteiger partial charge on any atom is 0.263 e. The van der Waals surface area contributed by atoms with E-state index < -0.39 is 5.91 Å². The molecule has 1 amide bonds. The third-order valence-electron chi connectivity index (χ3n) is 4.65. The van der Waals surface area contributed by atoms with Crippen molar-refractivity contribution >= 4 is 17.5 Å². The minimum Gasteiger partial charge on any atom is -0.338 e. The molecule has 0 aromatic carbocycles. The maximum absolute atomic E-state index is 12.5. The van der Waals surface area contributed by atoms with Crippen LogP contribution in [0.3, 0.4) is 0 Å². The summed E-state index contributed by atoms with van der Waals surface area (Å²) in [5.74, 6) is 0.232. The summed E-state index contributed by atoms with van der Waals surface area (Å²) in [5, 5.41) is 2.80. The third-order valence-corrected chi connectivity index (χ3v) is 4.65. The standard InChI is InChI=1S/C18H24N6O2/c1-12-15(21-16(25)14-6-5-7-23(4)17(14)26)13(2)20-18(19-12)24-10-8-22(3)9-11-24/h5-7H,8-11H2,1-4H3,(H,21,25). The van der Waals surface area contributed by atoms with Crippen molar-refractivity contribution < 1.29 is 4.79 Å². The summed E-state index contributed by atoms with van der Waals surface area (Å²) in [4.78, 5) is 38.2. The Bertz CT molecular complexity index is 860. The van der Waals surface area contributed by atoms with Crippen molar-refractivity contribution in [3.8, 4) is 0 Å². The van der Waals surface area contributed by atoms with E-state index in [0.29, 0.717) is 23.0 Å². The highest BCUT2D eigenvalue weighted by Crippen LogP contribution is 2.21. The highest BCUT2D eigenvalue weighted by atomic mass is 16.2. The van der Waals surface area contributed by atoms with E-state index in [-0.39, 0.29) is 11.1 Å². The van der Waals surface area contributed by atoms with Gasteiger partial charge in [0.15, 0.2) is 0 Å². The van der Waals surface area contributed by atoms with Crippen LogP contribution in [-0.2, 0) is 7.05 Å². The summed E-state index contributed by atoms with van der Waals surface area (Å²) < 4.78 is 1.38. The van der Waals surface area contributed by atoms with E-state index in [2.05, 4.69) is 32.1 Å². The minimum absolute atomic E-state index is 0.0944. The third kappa shape index (κ3) is 3.60. The lowest BCUT2D eigenvalue weighted by atomic mass is 10.2. The first-order valence-electron chi connectivity index (χ1n) is 8.62. The summed E-state index contributed by atoms with van der Waals surface area (Å²) in [6, 6.07) is 3.19. The van der Waals surface area contributed by atoms with Gasteiger partial charge in [-0.25, -0.2) is 9.97 Å². The number of rotatable bonds is 3. The molecule has 0 atom stereocenters. The highest BCUT2D eigenvalue weighted by Gasteiger charge is 2.20. The van der Waals surface area contributed by atoms with E-state index >= 15 is 0 Å². The number of nitrogens with zero attached hydrogens (tertiary/aromatic N) is 5. The zero-order valence-corrected chi connectivity index (χ0v) is 15.6. The molecule has 138 valence electrons. The van der Waals surface area contributed by atoms with Crippen LogP contribution in [-0.4, -0.2) is 58.6 Å². The Kier molecular flexibility index (Phi) is 5.03. The number of amides is 1. The number of hydrogen-bond acceptors (Lipinski definition) is 6. The van der Waals surface area contributed by atoms with Crippen molar-refractivity contribution in [2.24, 2.45) is 7.05 Å². The Morgan fingerprint density at radius 1 is 1.08 bits per heavy atom. The molecule has 8 heteroatoms. The average molecular weight is 356 g/mol. The molecule has 3 heterocycles. The number of aryl methyl sites for hydroxylation is 3. The minimum atomic E-state index is -0.451. The van der Waals surface area contributed by atoms with Gasteiger partial charge in [0.1, 0.15) is 5.56 Å². The number of carbonyl (C=O) groups is 1. The van der Waals surface area contributed by atoms with Gasteiger partial charge in [-0.15, -0.1) is 0 Å². The van der Waals surface area contributed by atoms with Crippen molar-refractivity contribution in [3.05, 3.63) is 45.6 Å². The monoisotopic (exact) mass is 356 g/mol. The molecular weight excluding hydrogens is 332 g/mol. The van der Waals surface area contributed by atoms with Crippen LogP contribution in [0.1, 0.15) is 21.7 Å². The first-order valence-corrected chi connectivity index (χ1v) is 8.62. The van der Waals surface area contributed by atoms with Gasteiger partial charge in [-0.3, -0.25) is 9.59 Å². The number of likely N-dealkylation sites (N-methyl/N-ethyl adjacent to an activating group) is 1. The zero-order valence-electron chi connectivity index (χ0n) is 15.6. The second-order valence-electron chi connectivity index (χ2n) is 6.65. The smallest absolute Gasteiger partial charge is 0.263 e. The number of hydrogen-bond donors (Lipinski definition) is 1. The topological polar surface area (TPSA) is 83.4 Å². The lowest BCUT2D eigenvalue weighted by Gasteiger charge is -2.32.